The Kier molecular flexibility index (Phi) is 3.90. The van der Waals surface area contributed by atoms with E-state index >= 15 is 0 Å². The average molecular weight is 258 g/mol. The molecule has 0 saturated carbocycles. The van der Waals surface area contributed by atoms with Crippen molar-refractivity contribution in [3.8, 4) is 0 Å². The van der Waals surface area contributed by atoms with Crippen LogP contribution in [0.3, 0.4) is 0 Å². The first-order valence-electron chi connectivity index (χ1n) is 6.01. The van der Waals surface area contributed by atoms with Gasteiger partial charge in [-0.05, 0) is 29.7 Å². The second-order valence-electron chi connectivity index (χ2n) is 4.48. The minimum atomic E-state index is -0.412. The summed E-state index contributed by atoms with van der Waals surface area (Å²) in [5.74, 6) is -0.604. The van der Waals surface area contributed by atoms with Crippen molar-refractivity contribution in [2.45, 2.75) is 13.0 Å². The molecule has 2 rings (SSSR count). The summed E-state index contributed by atoms with van der Waals surface area (Å²) >= 11 is 0. The zero-order valence-corrected chi connectivity index (χ0v) is 11.0. The lowest BCUT2D eigenvalue weighted by Crippen LogP contribution is -2.35. The lowest BCUT2D eigenvalue weighted by Gasteiger charge is -2.28. The fourth-order valence-electron chi connectivity index (χ4n) is 2.14. The van der Waals surface area contributed by atoms with Crippen molar-refractivity contribution < 1.29 is 14.4 Å². The predicted molar refractivity (Wildman–Crippen MR) is 70.8 cm³/mol. The maximum Gasteiger partial charge on any atom is 0.277 e. The highest BCUT2D eigenvalue weighted by molar-refractivity contribution is 6.56. The number of amides is 2. The monoisotopic (exact) mass is 258 g/mol. The molecule has 1 aliphatic rings. The van der Waals surface area contributed by atoms with Gasteiger partial charge in [-0.15, -0.1) is 0 Å². The van der Waals surface area contributed by atoms with E-state index in [1.165, 1.54) is 12.2 Å². The van der Waals surface area contributed by atoms with Crippen molar-refractivity contribution in [3.63, 3.8) is 0 Å². The number of hydrogen-bond donors (Lipinski definition) is 0. The number of carbonyl (C=O) groups excluding carboxylic acids is 2. The summed E-state index contributed by atoms with van der Waals surface area (Å²) in [4.78, 5) is 29.6. The normalized spacial score (nSPS) is 13.9. The Labute approximate surface area is 113 Å². The molecular weight excluding hydrogens is 243 g/mol. The van der Waals surface area contributed by atoms with Crippen LogP contribution in [0.2, 0.25) is 0 Å². The number of hydroxylamine groups is 2. The Balaban J connectivity index is 2.22. The summed E-state index contributed by atoms with van der Waals surface area (Å²) in [6, 6.07) is 5.45. The molecule has 0 aromatic heterocycles. The zero-order valence-electron chi connectivity index (χ0n) is 11.0. The highest BCUT2D eigenvalue weighted by Crippen LogP contribution is 2.21. The molecule has 6 heteroatoms. The summed E-state index contributed by atoms with van der Waals surface area (Å²) < 4.78 is 0. The third-order valence-electron chi connectivity index (χ3n) is 3.34. The van der Waals surface area contributed by atoms with Gasteiger partial charge in [-0.2, -0.15) is 0 Å². The first-order chi connectivity index (χ1) is 9.02. The quantitative estimate of drug-likeness (QED) is 0.586. The van der Waals surface area contributed by atoms with E-state index in [0.29, 0.717) is 25.1 Å². The summed E-state index contributed by atoms with van der Waals surface area (Å²) in [7, 11) is 8.28. The molecule has 0 atom stereocenters. The zero-order chi connectivity index (χ0) is 14.0. The van der Waals surface area contributed by atoms with Crippen molar-refractivity contribution >= 4 is 19.6 Å². The van der Waals surface area contributed by atoms with E-state index in [4.69, 9.17) is 12.7 Å². The molecule has 0 spiro atoms. The van der Waals surface area contributed by atoms with Gasteiger partial charge in [0.05, 0.1) is 7.11 Å². The number of hydrogen-bond acceptors (Lipinski definition) is 3. The molecule has 98 valence electrons. The maximum atomic E-state index is 12.0. The lowest BCUT2D eigenvalue weighted by molar-refractivity contribution is -0.0757. The van der Waals surface area contributed by atoms with E-state index in [0.717, 1.165) is 11.1 Å². The molecule has 1 aromatic carbocycles. The van der Waals surface area contributed by atoms with Gasteiger partial charge in [0.2, 0.25) is 7.85 Å². The van der Waals surface area contributed by atoms with Crippen LogP contribution in [0.5, 0.6) is 0 Å². The number of nitrogens with zero attached hydrogens (tertiary/aromatic N) is 2. The second kappa shape index (κ2) is 5.44. The first kappa shape index (κ1) is 13.6. The van der Waals surface area contributed by atoms with E-state index < -0.39 is 5.81 Å². The highest BCUT2D eigenvalue weighted by atomic mass is 16.7. The predicted octanol–water partition coefficient (Wildman–Crippen LogP) is 0.967. The van der Waals surface area contributed by atoms with Crippen LogP contribution < -0.4 is 0 Å². The van der Waals surface area contributed by atoms with Gasteiger partial charge in [-0.25, -0.2) is 5.06 Å². The molecule has 1 aliphatic heterocycles. The van der Waals surface area contributed by atoms with Gasteiger partial charge in [0, 0.05) is 25.7 Å². The molecule has 1 aromatic rings. The van der Waals surface area contributed by atoms with E-state index in [2.05, 4.69) is 0 Å². The van der Waals surface area contributed by atoms with Crippen molar-refractivity contribution in [1.82, 2.24) is 9.96 Å². The third kappa shape index (κ3) is 2.79. The minimum absolute atomic E-state index is 0.192. The Morgan fingerprint density at radius 2 is 2.11 bits per heavy atom. The van der Waals surface area contributed by atoms with Gasteiger partial charge >= 0.3 is 0 Å². The van der Waals surface area contributed by atoms with Crippen molar-refractivity contribution in [2.24, 2.45) is 0 Å². The van der Waals surface area contributed by atoms with E-state index in [1.54, 1.807) is 18.0 Å². The largest absolute Gasteiger partial charge is 0.348 e. The molecule has 1 heterocycles. The Morgan fingerprint density at radius 3 is 2.74 bits per heavy atom. The minimum Gasteiger partial charge on any atom is -0.348 e. The highest BCUT2D eigenvalue weighted by Gasteiger charge is 2.20. The van der Waals surface area contributed by atoms with Crippen LogP contribution in [0.15, 0.2) is 18.2 Å². The summed E-state index contributed by atoms with van der Waals surface area (Å²) in [6.07, 6.45) is 0.704. The van der Waals surface area contributed by atoms with Crippen LogP contribution in [-0.4, -0.2) is 50.2 Å². The summed E-state index contributed by atoms with van der Waals surface area (Å²) in [5, 5.41) is 1.18. The molecule has 2 radical (unpaired) electrons. The number of fused-ring (bicyclic) bond motifs is 1. The van der Waals surface area contributed by atoms with Gasteiger partial charge < -0.3 is 4.90 Å². The van der Waals surface area contributed by atoms with Crippen molar-refractivity contribution in [1.29, 1.82) is 0 Å². The molecule has 0 N–H and O–H groups in total. The van der Waals surface area contributed by atoms with E-state index in [-0.39, 0.29) is 5.91 Å². The fourth-order valence-corrected chi connectivity index (χ4v) is 2.14. The van der Waals surface area contributed by atoms with Crippen LogP contribution in [-0.2, 0) is 17.8 Å². The van der Waals surface area contributed by atoms with Gasteiger partial charge in [0.15, 0.2) is 5.81 Å². The van der Waals surface area contributed by atoms with Gasteiger partial charge in [0.1, 0.15) is 0 Å². The molecule has 2 amide bonds. The molecule has 0 fully saturated rings. The van der Waals surface area contributed by atoms with Crippen LogP contribution >= 0.6 is 0 Å². The summed E-state index contributed by atoms with van der Waals surface area (Å²) in [6.45, 7) is 1.08. The maximum absolute atomic E-state index is 12.0. The van der Waals surface area contributed by atoms with Crippen molar-refractivity contribution in [3.05, 3.63) is 34.9 Å². The van der Waals surface area contributed by atoms with Gasteiger partial charge in [0.25, 0.3) is 5.91 Å². The molecule has 0 unspecified atom stereocenters. The molecular formula is C13H15BN2O3. The molecule has 0 aliphatic carbocycles. The van der Waals surface area contributed by atoms with E-state index in [1.807, 2.05) is 12.1 Å². The number of benzene rings is 1. The Bertz CT molecular complexity index is 519. The summed E-state index contributed by atoms with van der Waals surface area (Å²) in [5.41, 5.74) is 2.69. The number of carbonyl (C=O) groups is 2. The molecule has 0 bridgehead atoms. The van der Waals surface area contributed by atoms with Crippen LogP contribution in [0, 0.1) is 0 Å². The third-order valence-corrected chi connectivity index (χ3v) is 3.34. The van der Waals surface area contributed by atoms with Crippen LogP contribution in [0.4, 0.5) is 4.79 Å². The van der Waals surface area contributed by atoms with Crippen molar-refractivity contribution in [2.75, 3.05) is 20.7 Å². The smallest absolute Gasteiger partial charge is 0.277 e. The lowest BCUT2D eigenvalue weighted by atomic mass is 9.95. The molecule has 19 heavy (non-hydrogen) atoms. The van der Waals surface area contributed by atoms with Crippen LogP contribution in [0.1, 0.15) is 21.5 Å². The van der Waals surface area contributed by atoms with E-state index in [9.17, 15) is 9.59 Å². The van der Waals surface area contributed by atoms with Crippen LogP contribution in [0.25, 0.3) is 0 Å². The Hall–Kier alpha value is -1.82. The SMILES string of the molecule is [B]C(=O)N1CCc2cc(C(=O)N(C)OC)ccc2C1. The fraction of sp³-hybridized carbons (Fsp3) is 0.385. The molecule has 5 nitrogen and oxygen atoms in total. The Morgan fingerprint density at radius 1 is 1.37 bits per heavy atom. The standard InChI is InChI=1S/C13H15BN2O3/c1-15(19-2)12(17)10-3-4-11-8-16(13(14)18)6-5-9(11)7-10/h3-4,7H,5-6,8H2,1-2H3. The topological polar surface area (TPSA) is 49.9 Å². The van der Waals surface area contributed by atoms with Gasteiger partial charge in [-0.1, -0.05) is 6.07 Å². The number of rotatable bonds is 2. The first-order valence-corrected chi connectivity index (χ1v) is 6.01. The van der Waals surface area contributed by atoms with Gasteiger partial charge in [-0.3, -0.25) is 14.4 Å². The average Bonchev–Trinajstić information content (AvgIpc) is 2.44. The molecule has 0 saturated heterocycles. The second-order valence-corrected chi connectivity index (χ2v) is 4.48.